The number of fused-ring (bicyclic) bond motifs is 1. The molecular weight excluding hydrogens is 384 g/mol. The van der Waals surface area contributed by atoms with Crippen LogP contribution in [0.3, 0.4) is 0 Å². The molecule has 0 saturated carbocycles. The fourth-order valence-electron chi connectivity index (χ4n) is 4.09. The second kappa shape index (κ2) is 9.20. The fraction of sp³-hybridized carbons (Fsp3) is 0.435. The molecule has 0 aromatic heterocycles. The molecule has 1 saturated heterocycles. The van der Waals surface area contributed by atoms with Crippen molar-refractivity contribution in [2.45, 2.75) is 35.5 Å². The predicted molar refractivity (Wildman–Crippen MR) is 117 cm³/mol. The summed E-state index contributed by atoms with van der Waals surface area (Å²) in [4.78, 5) is 18.5. The predicted octanol–water partition coefficient (Wildman–Crippen LogP) is 3.72. The Kier molecular flexibility index (Phi) is 6.43. The molecule has 0 bridgehead atoms. The summed E-state index contributed by atoms with van der Waals surface area (Å²) in [6.07, 6.45) is 2.65. The van der Waals surface area contributed by atoms with Crippen molar-refractivity contribution in [2.75, 3.05) is 38.2 Å². The molecule has 2 atom stereocenters. The summed E-state index contributed by atoms with van der Waals surface area (Å²) < 4.78 is 5.24. The Hall–Kier alpha value is -2.02. The van der Waals surface area contributed by atoms with E-state index in [0.717, 1.165) is 41.5 Å². The number of piperidine rings is 1. The minimum atomic E-state index is -1.10. The number of nitrogens with zero attached hydrogens (tertiary/aromatic N) is 2. The average molecular weight is 413 g/mol. The highest BCUT2D eigenvalue weighted by molar-refractivity contribution is 7.99. The molecule has 1 amide bonds. The fourth-order valence-corrected chi connectivity index (χ4v) is 5.36. The molecule has 5 nitrogen and oxygen atoms in total. The zero-order valence-electron chi connectivity index (χ0n) is 16.8. The SMILES string of the molecule is COc1ccc(C2Sc3ccccc3N(CCN3CCCCC3)C(=O)C2O)cc1. The lowest BCUT2D eigenvalue weighted by Crippen LogP contribution is -2.45. The van der Waals surface area contributed by atoms with Gasteiger partial charge in [-0.1, -0.05) is 30.7 Å². The number of carbonyl (C=O) groups excluding carboxylic acids is 1. The third-order valence-electron chi connectivity index (χ3n) is 5.75. The summed E-state index contributed by atoms with van der Waals surface area (Å²) in [7, 11) is 1.63. The Morgan fingerprint density at radius 3 is 2.48 bits per heavy atom. The number of amides is 1. The Balaban J connectivity index is 1.60. The van der Waals surface area contributed by atoms with E-state index in [1.807, 2.05) is 48.5 Å². The molecule has 6 heteroatoms. The van der Waals surface area contributed by atoms with E-state index in [1.165, 1.54) is 19.3 Å². The van der Waals surface area contributed by atoms with Crippen LogP contribution in [0.15, 0.2) is 53.4 Å². The number of aliphatic hydroxyl groups excluding tert-OH is 1. The number of likely N-dealkylation sites (tertiary alicyclic amines) is 1. The molecule has 29 heavy (non-hydrogen) atoms. The highest BCUT2D eigenvalue weighted by Gasteiger charge is 2.37. The first-order chi connectivity index (χ1) is 14.2. The van der Waals surface area contributed by atoms with Crippen molar-refractivity contribution in [1.29, 1.82) is 0 Å². The number of hydrogen-bond acceptors (Lipinski definition) is 5. The van der Waals surface area contributed by atoms with Crippen LogP contribution in [0.25, 0.3) is 0 Å². The van der Waals surface area contributed by atoms with E-state index >= 15 is 0 Å². The topological polar surface area (TPSA) is 53.0 Å². The highest BCUT2D eigenvalue weighted by atomic mass is 32.2. The molecule has 1 N–H and O–H groups in total. The third-order valence-corrected chi connectivity index (χ3v) is 7.13. The number of carbonyl (C=O) groups is 1. The first-order valence-corrected chi connectivity index (χ1v) is 11.2. The largest absolute Gasteiger partial charge is 0.497 e. The van der Waals surface area contributed by atoms with Gasteiger partial charge in [-0.3, -0.25) is 4.79 Å². The van der Waals surface area contributed by atoms with E-state index in [2.05, 4.69) is 4.90 Å². The monoisotopic (exact) mass is 412 g/mol. The van der Waals surface area contributed by atoms with Gasteiger partial charge in [0.15, 0.2) is 0 Å². The van der Waals surface area contributed by atoms with Crippen molar-refractivity contribution in [2.24, 2.45) is 0 Å². The van der Waals surface area contributed by atoms with Crippen molar-refractivity contribution in [3.63, 3.8) is 0 Å². The number of para-hydroxylation sites is 1. The van der Waals surface area contributed by atoms with Gasteiger partial charge >= 0.3 is 0 Å². The first-order valence-electron chi connectivity index (χ1n) is 10.3. The van der Waals surface area contributed by atoms with Crippen LogP contribution < -0.4 is 9.64 Å². The average Bonchev–Trinajstić information content (AvgIpc) is 2.88. The maximum absolute atomic E-state index is 13.3. The molecule has 2 unspecified atom stereocenters. The number of anilines is 1. The summed E-state index contributed by atoms with van der Waals surface area (Å²) >= 11 is 1.55. The zero-order chi connectivity index (χ0) is 20.2. The van der Waals surface area contributed by atoms with Crippen LogP contribution in [0.4, 0.5) is 5.69 Å². The Morgan fingerprint density at radius 1 is 1.03 bits per heavy atom. The molecule has 0 aliphatic carbocycles. The van der Waals surface area contributed by atoms with E-state index in [9.17, 15) is 9.90 Å². The Morgan fingerprint density at radius 2 is 1.76 bits per heavy atom. The standard InChI is InChI=1S/C23H28N2O3S/c1-28-18-11-9-17(10-12-18)22-21(26)23(27)25(16-15-24-13-5-2-6-14-24)19-7-3-4-8-20(19)29-22/h3-4,7-12,21-22,26H,2,5-6,13-16H2,1H3. The van der Waals surface area contributed by atoms with Gasteiger partial charge in [0.2, 0.25) is 0 Å². The molecule has 0 radical (unpaired) electrons. The minimum absolute atomic E-state index is 0.222. The molecular formula is C23H28N2O3S. The smallest absolute Gasteiger partial charge is 0.257 e. The third kappa shape index (κ3) is 4.44. The number of aliphatic hydroxyl groups is 1. The van der Waals surface area contributed by atoms with Gasteiger partial charge in [-0.2, -0.15) is 0 Å². The molecule has 2 heterocycles. The normalized spacial score (nSPS) is 22.8. The number of thioether (sulfide) groups is 1. The zero-order valence-corrected chi connectivity index (χ0v) is 17.6. The lowest BCUT2D eigenvalue weighted by molar-refractivity contribution is -0.126. The lowest BCUT2D eigenvalue weighted by atomic mass is 10.1. The molecule has 2 aromatic rings. The van der Waals surface area contributed by atoms with Crippen molar-refractivity contribution in [3.8, 4) is 5.75 Å². The number of methoxy groups -OCH3 is 1. The van der Waals surface area contributed by atoms with Crippen LogP contribution in [-0.2, 0) is 4.79 Å². The van der Waals surface area contributed by atoms with Gasteiger partial charge in [0.1, 0.15) is 11.9 Å². The second-order valence-corrected chi connectivity index (χ2v) is 8.80. The minimum Gasteiger partial charge on any atom is -0.497 e. The van der Waals surface area contributed by atoms with E-state index in [-0.39, 0.29) is 11.2 Å². The molecule has 0 spiro atoms. The maximum Gasteiger partial charge on any atom is 0.257 e. The molecule has 2 aromatic carbocycles. The number of hydrogen-bond donors (Lipinski definition) is 1. The highest BCUT2D eigenvalue weighted by Crippen LogP contribution is 2.45. The van der Waals surface area contributed by atoms with Crippen LogP contribution in [0, 0.1) is 0 Å². The van der Waals surface area contributed by atoms with Gasteiger partial charge < -0.3 is 19.6 Å². The maximum atomic E-state index is 13.3. The number of rotatable bonds is 5. The molecule has 4 rings (SSSR count). The summed E-state index contributed by atoms with van der Waals surface area (Å²) in [5.41, 5.74) is 1.82. The Labute approximate surface area is 176 Å². The van der Waals surface area contributed by atoms with Gasteiger partial charge in [-0.05, 0) is 55.8 Å². The van der Waals surface area contributed by atoms with Gasteiger partial charge in [0, 0.05) is 18.0 Å². The van der Waals surface area contributed by atoms with E-state index in [4.69, 9.17) is 4.74 Å². The summed E-state index contributed by atoms with van der Waals surface area (Å²) in [6, 6.07) is 15.6. The van der Waals surface area contributed by atoms with Crippen LogP contribution >= 0.6 is 11.8 Å². The molecule has 1 fully saturated rings. The van der Waals surface area contributed by atoms with Gasteiger partial charge in [-0.25, -0.2) is 0 Å². The van der Waals surface area contributed by atoms with Crippen LogP contribution in [0.1, 0.15) is 30.1 Å². The van der Waals surface area contributed by atoms with E-state index < -0.39 is 6.10 Å². The van der Waals surface area contributed by atoms with Gasteiger partial charge in [-0.15, -0.1) is 11.8 Å². The summed E-state index contributed by atoms with van der Waals surface area (Å²) in [5.74, 6) is 0.539. The van der Waals surface area contributed by atoms with Gasteiger partial charge in [0.25, 0.3) is 5.91 Å². The quantitative estimate of drug-likeness (QED) is 0.811. The van der Waals surface area contributed by atoms with Crippen molar-refractivity contribution < 1.29 is 14.6 Å². The Bertz CT molecular complexity index is 836. The number of benzene rings is 2. The summed E-state index contributed by atoms with van der Waals surface area (Å²) in [5, 5.41) is 10.7. The van der Waals surface area contributed by atoms with Crippen LogP contribution in [0.2, 0.25) is 0 Å². The molecule has 2 aliphatic rings. The second-order valence-electron chi connectivity index (χ2n) is 7.62. The van der Waals surface area contributed by atoms with Gasteiger partial charge in [0.05, 0.1) is 18.0 Å². The molecule has 154 valence electrons. The summed E-state index contributed by atoms with van der Waals surface area (Å²) in [6.45, 7) is 3.62. The van der Waals surface area contributed by atoms with E-state index in [0.29, 0.717) is 6.54 Å². The van der Waals surface area contributed by atoms with Crippen LogP contribution in [0.5, 0.6) is 5.75 Å². The lowest BCUT2D eigenvalue weighted by Gasteiger charge is -2.30. The number of ether oxygens (including phenoxy) is 1. The van der Waals surface area contributed by atoms with Crippen molar-refractivity contribution in [3.05, 3.63) is 54.1 Å². The van der Waals surface area contributed by atoms with Crippen LogP contribution in [-0.4, -0.2) is 55.3 Å². The van der Waals surface area contributed by atoms with E-state index in [1.54, 1.807) is 23.8 Å². The first kappa shape index (κ1) is 20.3. The molecule has 2 aliphatic heterocycles. The van der Waals surface area contributed by atoms with Crippen molar-refractivity contribution >= 4 is 23.4 Å². The van der Waals surface area contributed by atoms with Crippen molar-refractivity contribution in [1.82, 2.24) is 4.90 Å².